The van der Waals surface area contributed by atoms with Crippen molar-refractivity contribution in [3.05, 3.63) is 42.2 Å². The molecule has 1 aromatic heterocycles. The molecule has 0 saturated carbocycles. The summed E-state index contributed by atoms with van der Waals surface area (Å²) in [6.45, 7) is 1.44. The molecule has 1 aliphatic rings. The van der Waals surface area contributed by atoms with Crippen molar-refractivity contribution in [2.75, 3.05) is 37.5 Å². The van der Waals surface area contributed by atoms with E-state index in [4.69, 9.17) is 15.2 Å². The lowest BCUT2D eigenvalue weighted by Crippen LogP contribution is -2.16. The summed E-state index contributed by atoms with van der Waals surface area (Å²) in [6.07, 6.45) is 5.50. The van der Waals surface area contributed by atoms with Crippen molar-refractivity contribution >= 4 is 17.5 Å². The first-order valence-electron chi connectivity index (χ1n) is 9.70. The molecule has 7 heteroatoms. The van der Waals surface area contributed by atoms with Crippen LogP contribution in [-0.4, -0.2) is 37.9 Å². The monoisotopic (exact) mass is 384 g/mol. The highest BCUT2D eigenvalue weighted by Gasteiger charge is 2.13. The Labute approximate surface area is 165 Å². The zero-order chi connectivity index (χ0) is 19.8. The van der Waals surface area contributed by atoms with Crippen molar-refractivity contribution in [2.24, 2.45) is 5.73 Å². The number of hydrogen-bond donors (Lipinski definition) is 3. The number of nitrogens with zero attached hydrogens (tertiary/aromatic N) is 1. The average Bonchev–Trinajstić information content (AvgIpc) is 2.70. The fourth-order valence-electron chi connectivity index (χ4n) is 3.25. The second-order valence-corrected chi connectivity index (χ2v) is 6.87. The van der Waals surface area contributed by atoms with Crippen molar-refractivity contribution in [1.29, 1.82) is 0 Å². The number of nitrogens with two attached hydrogens (primary N) is 1. The van der Waals surface area contributed by atoms with Crippen molar-refractivity contribution in [1.82, 2.24) is 4.98 Å². The van der Waals surface area contributed by atoms with E-state index in [1.54, 1.807) is 13.3 Å². The molecule has 1 aromatic carbocycles. The molecule has 2 aromatic rings. The van der Waals surface area contributed by atoms with E-state index < -0.39 is 6.09 Å². The standard InChI is InChI=1S/C21H28N4O3/c1-27-11-12-28-21(26)25-16-6-7-17-15-8-10-24-20(13-15)18(22)5-3-2-4-9-23-19(17)14-16/h6-8,10,13-14,18,23H,2-5,9,11-12,22H2,1H3,(H,25,26)/t18-/m0/s1. The Balaban J connectivity index is 1.85. The number of nitrogens with one attached hydrogen (secondary N) is 2. The number of fused-ring (bicyclic) bond motifs is 4. The fraction of sp³-hybridized carbons (Fsp3) is 0.429. The van der Waals surface area contributed by atoms with Crippen LogP contribution in [0.2, 0.25) is 0 Å². The van der Waals surface area contributed by atoms with Crippen molar-refractivity contribution < 1.29 is 14.3 Å². The van der Waals surface area contributed by atoms with Crippen molar-refractivity contribution in [2.45, 2.75) is 31.7 Å². The molecule has 0 saturated heterocycles. The highest BCUT2D eigenvalue weighted by molar-refractivity contribution is 5.88. The Morgan fingerprint density at radius 1 is 1.25 bits per heavy atom. The summed E-state index contributed by atoms with van der Waals surface area (Å²) >= 11 is 0. The summed E-state index contributed by atoms with van der Waals surface area (Å²) in [5.74, 6) is 0. The Morgan fingerprint density at radius 2 is 2.14 bits per heavy atom. The first-order chi connectivity index (χ1) is 13.7. The smallest absolute Gasteiger partial charge is 0.411 e. The molecule has 0 unspecified atom stereocenters. The van der Waals surface area contributed by atoms with E-state index in [2.05, 4.69) is 21.7 Å². The van der Waals surface area contributed by atoms with Crippen molar-refractivity contribution in [3.63, 3.8) is 0 Å². The van der Waals surface area contributed by atoms with Gasteiger partial charge in [0.2, 0.25) is 0 Å². The van der Waals surface area contributed by atoms with Gasteiger partial charge < -0.3 is 20.5 Å². The Bertz CT molecular complexity index is 797. The lowest BCUT2D eigenvalue weighted by atomic mass is 9.99. The SMILES string of the molecule is COCCOC(=O)Nc1ccc2c(c1)NCCCCC[C@H](N)c1cc-2ccn1. The van der Waals surface area contributed by atoms with Gasteiger partial charge in [-0.1, -0.05) is 18.9 Å². The highest BCUT2D eigenvalue weighted by Crippen LogP contribution is 2.32. The third-order valence-electron chi connectivity index (χ3n) is 4.77. The van der Waals surface area contributed by atoms with Crippen LogP contribution in [-0.2, 0) is 9.47 Å². The zero-order valence-electron chi connectivity index (χ0n) is 16.2. The third kappa shape index (κ3) is 5.43. The van der Waals surface area contributed by atoms with Crippen LogP contribution in [0.25, 0.3) is 11.1 Å². The van der Waals surface area contributed by atoms with Crippen LogP contribution in [0.3, 0.4) is 0 Å². The number of benzene rings is 1. The number of ether oxygens (including phenoxy) is 2. The van der Waals surface area contributed by atoms with Crippen LogP contribution in [0.4, 0.5) is 16.2 Å². The molecule has 1 aliphatic heterocycles. The minimum atomic E-state index is -0.498. The Morgan fingerprint density at radius 3 is 3.00 bits per heavy atom. The minimum Gasteiger partial charge on any atom is -0.447 e. The molecular weight excluding hydrogens is 356 g/mol. The number of anilines is 2. The van der Waals surface area contributed by atoms with E-state index in [-0.39, 0.29) is 12.6 Å². The topological polar surface area (TPSA) is 98.5 Å². The quantitative estimate of drug-likeness (QED) is 0.691. The fourth-order valence-corrected chi connectivity index (χ4v) is 3.25. The van der Waals surface area contributed by atoms with Crippen LogP contribution in [0.1, 0.15) is 37.4 Å². The molecule has 28 heavy (non-hydrogen) atoms. The lowest BCUT2D eigenvalue weighted by molar-refractivity contribution is 0.107. The summed E-state index contributed by atoms with van der Waals surface area (Å²) < 4.78 is 9.96. The molecule has 7 nitrogen and oxygen atoms in total. The Kier molecular flexibility index (Phi) is 7.22. The highest BCUT2D eigenvalue weighted by atomic mass is 16.6. The molecule has 2 bridgehead atoms. The number of carbonyl (C=O) groups excluding carboxylic acids is 1. The van der Waals surface area contributed by atoms with Gasteiger partial charge in [0.15, 0.2) is 0 Å². The second kappa shape index (κ2) is 10.1. The molecule has 150 valence electrons. The van der Waals surface area contributed by atoms with Gasteiger partial charge in [0.1, 0.15) is 6.61 Å². The number of carbonyl (C=O) groups is 1. The van der Waals surface area contributed by atoms with Crippen molar-refractivity contribution in [3.8, 4) is 11.1 Å². The normalized spacial score (nSPS) is 16.7. The number of methoxy groups -OCH3 is 1. The van der Waals surface area contributed by atoms with Gasteiger partial charge in [-0.3, -0.25) is 10.3 Å². The van der Waals surface area contributed by atoms with Crippen LogP contribution in [0.5, 0.6) is 0 Å². The van der Waals surface area contributed by atoms with E-state index in [9.17, 15) is 4.79 Å². The van der Waals surface area contributed by atoms with Crippen LogP contribution < -0.4 is 16.4 Å². The molecule has 3 rings (SSSR count). The third-order valence-corrected chi connectivity index (χ3v) is 4.77. The summed E-state index contributed by atoms with van der Waals surface area (Å²) in [4.78, 5) is 16.4. The summed E-state index contributed by atoms with van der Waals surface area (Å²) in [6, 6.07) is 9.78. The molecule has 2 heterocycles. The summed E-state index contributed by atoms with van der Waals surface area (Å²) in [7, 11) is 1.56. The molecule has 1 amide bonds. The zero-order valence-corrected chi connectivity index (χ0v) is 16.2. The van der Waals surface area contributed by atoms with E-state index in [1.807, 2.05) is 24.3 Å². The van der Waals surface area contributed by atoms with E-state index in [1.165, 1.54) is 0 Å². The van der Waals surface area contributed by atoms with Crippen LogP contribution >= 0.6 is 0 Å². The maximum atomic E-state index is 11.9. The predicted molar refractivity (Wildman–Crippen MR) is 110 cm³/mol. The van der Waals surface area contributed by atoms with Gasteiger partial charge in [-0.05, 0) is 42.7 Å². The van der Waals surface area contributed by atoms with E-state index >= 15 is 0 Å². The lowest BCUT2D eigenvalue weighted by Gasteiger charge is -2.18. The number of pyridine rings is 1. The maximum Gasteiger partial charge on any atom is 0.411 e. The molecule has 0 fully saturated rings. The van der Waals surface area contributed by atoms with Crippen LogP contribution in [0.15, 0.2) is 36.5 Å². The number of aromatic nitrogens is 1. The van der Waals surface area contributed by atoms with Gasteiger partial charge in [0, 0.05) is 42.8 Å². The molecule has 0 spiro atoms. The molecule has 1 atom stereocenters. The minimum absolute atomic E-state index is 0.0430. The Hall–Kier alpha value is -2.64. The predicted octanol–water partition coefficient (Wildman–Crippen LogP) is 3.93. The van der Waals surface area contributed by atoms with Gasteiger partial charge in [-0.2, -0.15) is 0 Å². The largest absolute Gasteiger partial charge is 0.447 e. The molecule has 0 radical (unpaired) electrons. The van der Waals surface area contributed by atoms with E-state index in [0.717, 1.165) is 54.7 Å². The molecule has 0 aliphatic carbocycles. The first-order valence-corrected chi connectivity index (χ1v) is 9.70. The van der Waals surface area contributed by atoms with Gasteiger partial charge in [-0.25, -0.2) is 4.79 Å². The molecule has 4 N–H and O–H groups in total. The number of amides is 1. The second-order valence-electron chi connectivity index (χ2n) is 6.87. The average molecular weight is 384 g/mol. The van der Waals surface area contributed by atoms with Crippen LogP contribution in [0, 0.1) is 0 Å². The van der Waals surface area contributed by atoms with Gasteiger partial charge >= 0.3 is 6.09 Å². The van der Waals surface area contributed by atoms with Gasteiger partial charge in [0.25, 0.3) is 0 Å². The number of rotatable bonds is 4. The van der Waals surface area contributed by atoms with E-state index in [0.29, 0.717) is 12.3 Å². The molecular formula is C21H28N4O3. The first kappa shape index (κ1) is 20.1. The van der Waals surface area contributed by atoms with Gasteiger partial charge in [0.05, 0.1) is 12.3 Å². The van der Waals surface area contributed by atoms with Gasteiger partial charge in [-0.15, -0.1) is 0 Å². The maximum absolute atomic E-state index is 11.9. The summed E-state index contributed by atoms with van der Waals surface area (Å²) in [5.41, 5.74) is 11.0. The summed E-state index contributed by atoms with van der Waals surface area (Å²) in [5, 5.41) is 6.27. The number of hydrogen-bond acceptors (Lipinski definition) is 6.